The van der Waals surface area contributed by atoms with E-state index in [0.29, 0.717) is 5.57 Å². The lowest BCUT2D eigenvalue weighted by molar-refractivity contribution is -0.160. The van der Waals surface area contributed by atoms with Gasteiger partial charge in [-0.25, -0.2) is 4.79 Å². The number of hydrogen-bond donors (Lipinski definition) is 0. The predicted molar refractivity (Wildman–Crippen MR) is 91.0 cm³/mol. The Hall–Kier alpha value is -1.84. The first kappa shape index (κ1) is 17.0. The van der Waals surface area contributed by atoms with Gasteiger partial charge in [-0.15, -0.1) is 0 Å². The van der Waals surface area contributed by atoms with Crippen LogP contribution in [0.2, 0.25) is 0 Å². The molecule has 0 aromatic carbocycles. The summed E-state index contributed by atoms with van der Waals surface area (Å²) in [5.74, 6) is -0.246. The van der Waals surface area contributed by atoms with Crippen LogP contribution in [0.25, 0.3) is 0 Å². The number of carbonyl (C=O) groups excluding carboxylic acids is 2. The number of allylic oxidation sites excluding steroid dienone is 2. The van der Waals surface area contributed by atoms with Gasteiger partial charge in [0.1, 0.15) is 12.2 Å². The zero-order chi connectivity index (χ0) is 17.6. The molecule has 2 aliphatic carbocycles. The molecule has 0 radical (unpaired) electrons. The Labute approximate surface area is 143 Å². The standard InChI is InChI=1S/C20H26O4/c1-6-11(2)18(21)23-15-8-7-12(3)16-17-14(9-10-20(15,16)5)13(4)19(22)24-17/h6-8,13-17H,3,9-10H2,1-2,4-5H3/b11-6+/t13-,14+,15-,16?,17-,20-/m1/s1. The minimum Gasteiger partial charge on any atom is -0.461 e. The van der Waals surface area contributed by atoms with Crippen LogP contribution < -0.4 is 0 Å². The molecule has 3 rings (SSSR count). The molecule has 130 valence electrons. The van der Waals surface area contributed by atoms with Crippen molar-refractivity contribution in [2.75, 3.05) is 0 Å². The minimum atomic E-state index is -0.328. The van der Waals surface area contributed by atoms with Gasteiger partial charge in [-0.3, -0.25) is 4.79 Å². The summed E-state index contributed by atoms with van der Waals surface area (Å²) in [6, 6.07) is 0. The third kappa shape index (κ3) is 2.43. The average Bonchev–Trinajstić information content (AvgIpc) is 2.83. The maximum atomic E-state index is 12.2. The second-order valence-electron chi connectivity index (χ2n) is 7.61. The van der Waals surface area contributed by atoms with Gasteiger partial charge in [-0.2, -0.15) is 0 Å². The second kappa shape index (κ2) is 5.91. The van der Waals surface area contributed by atoms with Gasteiger partial charge in [0, 0.05) is 22.8 Å². The van der Waals surface area contributed by atoms with E-state index < -0.39 is 0 Å². The van der Waals surface area contributed by atoms with E-state index in [1.807, 2.05) is 26.0 Å². The van der Waals surface area contributed by atoms with Gasteiger partial charge in [-0.05, 0) is 38.3 Å². The van der Waals surface area contributed by atoms with Crippen molar-refractivity contribution < 1.29 is 19.1 Å². The molecule has 6 atom stereocenters. The normalized spacial score (nSPS) is 41.5. The number of esters is 2. The van der Waals surface area contributed by atoms with Gasteiger partial charge >= 0.3 is 11.9 Å². The van der Waals surface area contributed by atoms with Crippen molar-refractivity contribution in [1.29, 1.82) is 0 Å². The van der Waals surface area contributed by atoms with Crippen LogP contribution in [0.15, 0.2) is 36.0 Å². The summed E-state index contributed by atoms with van der Waals surface area (Å²) in [6.45, 7) is 11.8. The summed E-state index contributed by atoms with van der Waals surface area (Å²) in [7, 11) is 0. The summed E-state index contributed by atoms with van der Waals surface area (Å²) in [5, 5.41) is 0. The number of hydrogen-bond acceptors (Lipinski definition) is 4. The van der Waals surface area contributed by atoms with Crippen molar-refractivity contribution in [2.45, 2.75) is 52.7 Å². The molecule has 0 aromatic heterocycles. The van der Waals surface area contributed by atoms with E-state index >= 15 is 0 Å². The third-order valence-corrected chi connectivity index (χ3v) is 6.27. The highest BCUT2D eigenvalue weighted by Crippen LogP contribution is 2.56. The lowest BCUT2D eigenvalue weighted by Gasteiger charge is -2.51. The van der Waals surface area contributed by atoms with Gasteiger partial charge in [0.15, 0.2) is 0 Å². The SMILES string of the molecule is C=C1C=C[C@@H](OC(=O)/C(C)=C/C)[C@@]2(C)CC[C@H]3[C@@H](C)C(=O)O[C@H]3C12. The number of rotatable bonds is 2. The van der Waals surface area contributed by atoms with Crippen LogP contribution in [0.3, 0.4) is 0 Å². The first-order valence-electron chi connectivity index (χ1n) is 8.71. The molecule has 0 bridgehead atoms. The molecule has 24 heavy (non-hydrogen) atoms. The van der Waals surface area contributed by atoms with Crippen molar-refractivity contribution in [3.05, 3.63) is 36.0 Å². The van der Waals surface area contributed by atoms with E-state index in [9.17, 15) is 9.59 Å². The highest BCUT2D eigenvalue weighted by Gasteiger charge is 2.59. The van der Waals surface area contributed by atoms with Crippen molar-refractivity contribution in [3.8, 4) is 0 Å². The quantitative estimate of drug-likeness (QED) is 0.573. The van der Waals surface area contributed by atoms with E-state index in [4.69, 9.17) is 9.47 Å². The molecule has 2 fully saturated rings. The molecule has 0 amide bonds. The molecule has 1 saturated carbocycles. The average molecular weight is 330 g/mol. The Morgan fingerprint density at radius 1 is 1.50 bits per heavy atom. The molecule has 0 aromatic rings. The fourth-order valence-electron chi connectivity index (χ4n) is 4.51. The highest BCUT2D eigenvalue weighted by atomic mass is 16.6. The lowest BCUT2D eigenvalue weighted by atomic mass is 9.55. The molecule has 1 saturated heterocycles. The maximum absolute atomic E-state index is 12.2. The molecule has 1 aliphatic heterocycles. The van der Waals surface area contributed by atoms with E-state index in [0.717, 1.165) is 18.4 Å². The Morgan fingerprint density at radius 2 is 2.21 bits per heavy atom. The monoisotopic (exact) mass is 330 g/mol. The number of carbonyl (C=O) groups is 2. The third-order valence-electron chi connectivity index (χ3n) is 6.27. The van der Waals surface area contributed by atoms with E-state index in [2.05, 4.69) is 13.5 Å². The van der Waals surface area contributed by atoms with Crippen LogP contribution in [-0.2, 0) is 19.1 Å². The zero-order valence-electron chi connectivity index (χ0n) is 14.9. The van der Waals surface area contributed by atoms with Crippen molar-refractivity contribution >= 4 is 11.9 Å². The minimum absolute atomic E-state index is 0.00105. The first-order chi connectivity index (χ1) is 11.3. The molecular formula is C20H26O4. The molecular weight excluding hydrogens is 304 g/mol. The van der Waals surface area contributed by atoms with Crippen LogP contribution >= 0.6 is 0 Å². The van der Waals surface area contributed by atoms with Crippen LogP contribution in [0.4, 0.5) is 0 Å². The largest absolute Gasteiger partial charge is 0.461 e. The molecule has 0 N–H and O–H groups in total. The second-order valence-corrected chi connectivity index (χ2v) is 7.61. The molecule has 3 aliphatic rings. The van der Waals surface area contributed by atoms with E-state index in [-0.39, 0.29) is 47.3 Å². The van der Waals surface area contributed by atoms with Crippen molar-refractivity contribution in [3.63, 3.8) is 0 Å². The number of ether oxygens (including phenoxy) is 2. The molecule has 0 spiro atoms. The zero-order valence-corrected chi connectivity index (χ0v) is 14.9. The summed E-state index contributed by atoms with van der Waals surface area (Å²) in [4.78, 5) is 24.3. The topological polar surface area (TPSA) is 52.6 Å². The first-order valence-corrected chi connectivity index (χ1v) is 8.71. The summed E-state index contributed by atoms with van der Waals surface area (Å²) in [6.07, 6.45) is 6.91. The van der Waals surface area contributed by atoms with Gasteiger partial charge in [-0.1, -0.05) is 32.6 Å². The highest BCUT2D eigenvalue weighted by molar-refractivity contribution is 5.87. The smallest absolute Gasteiger partial charge is 0.333 e. The molecule has 1 unspecified atom stereocenters. The predicted octanol–water partition coefficient (Wildman–Crippen LogP) is 3.58. The Kier molecular flexibility index (Phi) is 4.18. The molecule has 4 nitrogen and oxygen atoms in total. The van der Waals surface area contributed by atoms with Crippen molar-refractivity contribution in [1.82, 2.24) is 0 Å². The van der Waals surface area contributed by atoms with Crippen molar-refractivity contribution in [2.24, 2.45) is 23.2 Å². The molecule has 1 heterocycles. The van der Waals surface area contributed by atoms with Gasteiger partial charge in [0.05, 0.1) is 5.92 Å². The van der Waals surface area contributed by atoms with Gasteiger partial charge in [0.25, 0.3) is 0 Å². The van der Waals surface area contributed by atoms with E-state index in [1.54, 1.807) is 13.0 Å². The van der Waals surface area contributed by atoms with Crippen LogP contribution in [0, 0.1) is 23.2 Å². The van der Waals surface area contributed by atoms with Gasteiger partial charge in [0.2, 0.25) is 0 Å². The fraction of sp³-hybridized carbons (Fsp3) is 0.600. The lowest BCUT2D eigenvalue weighted by Crippen LogP contribution is -2.53. The maximum Gasteiger partial charge on any atom is 0.333 e. The summed E-state index contributed by atoms with van der Waals surface area (Å²) in [5.41, 5.74) is 1.27. The Morgan fingerprint density at radius 3 is 2.88 bits per heavy atom. The van der Waals surface area contributed by atoms with Crippen LogP contribution in [0.5, 0.6) is 0 Å². The summed E-state index contributed by atoms with van der Waals surface area (Å²) >= 11 is 0. The summed E-state index contributed by atoms with van der Waals surface area (Å²) < 4.78 is 11.5. The number of fused-ring (bicyclic) bond motifs is 3. The molecule has 4 heteroatoms. The van der Waals surface area contributed by atoms with Crippen LogP contribution in [-0.4, -0.2) is 24.1 Å². The van der Waals surface area contributed by atoms with Crippen LogP contribution in [0.1, 0.15) is 40.5 Å². The Bertz CT molecular complexity index is 644. The van der Waals surface area contributed by atoms with E-state index in [1.165, 1.54) is 0 Å². The van der Waals surface area contributed by atoms with Gasteiger partial charge < -0.3 is 9.47 Å². The Balaban J connectivity index is 1.91. The fourth-order valence-corrected chi connectivity index (χ4v) is 4.51.